The van der Waals surface area contributed by atoms with Gasteiger partial charge in [-0.05, 0) is 43.5 Å². The minimum absolute atomic E-state index is 0.00752. The van der Waals surface area contributed by atoms with Crippen LogP contribution in [-0.4, -0.2) is 25.1 Å². The van der Waals surface area contributed by atoms with Crippen LogP contribution in [0, 0.1) is 0 Å². The number of amides is 1. The second-order valence-electron chi connectivity index (χ2n) is 4.57. The summed E-state index contributed by atoms with van der Waals surface area (Å²) in [5.74, 6) is 0.539. The summed E-state index contributed by atoms with van der Waals surface area (Å²) >= 11 is 5.96. The van der Waals surface area contributed by atoms with E-state index in [2.05, 4.69) is 5.32 Å². The van der Waals surface area contributed by atoms with Gasteiger partial charge in [-0.15, -0.1) is 0 Å². The summed E-state index contributed by atoms with van der Waals surface area (Å²) < 4.78 is 5.53. The lowest BCUT2D eigenvalue weighted by molar-refractivity contribution is -0.123. The van der Waals surface area contributed by atoms with Gasteiger partial charge < -0.3 is 15.8 Å². The summed E-state index contributed by atoms with van der Waals surface area (Å²) in [7, 11) is 0. The van der Waals surface area contributed by atoms with E-state index in [1.807, 2.05) is 19.9 Å². The summed E-state index contributed by atoms with van der Waals surface area (Å²) in [6.07, 6.45) is 1.56. The second kappa shape index (κ2) is 8.02. The number of carbonyl (C=O) groups is 1. The molecule has 1 atom stereocenters. The predicted molar refractivity (Wildman–Crippen MR) is 77.6 cm³/mol. The van der Waals surface area contributed by atoms with Crippen LogP contribution in [0.1, 0.15) is 25.8 Å². The van der Waals surface area contributed by atoms with Gasteiger partial charge in [-0.1, -0.05) is 18.5 Å². The number of carbonyl (C=O) groups excluding carboxylic acids is 1. The Kier molecular flexibility index (Phi) is 6.67. The average Bonchev–Trinajstić information content (AvgIpc) is 2.34. The summed E-state index contributed by atoms with van der Waals surface area (Å²) in [4.78, 5) is 11.5. The fraction of sp³-hybridized carbons (Fsp3) is 0.500. The van der Waals surface area contributed by atoms with Crippen LogP contribution in [-0.2, 0) is 11.2 Å². The Balaban J connectivity index is 2.64. The van der Waals surface area contributed by atoms with Crippen LogP contribution in [0.2, 0.25) is 5.02 Å². The molecule has 0 saturated carbocycles. The van der Waals surface area contributed by atoms with Crippen molar-refractivity contribution in [1.29, 1.82) is 0 Å². The molecule has 0 heterocycles. The van der Waals surface area contributed by atoms with Crippen LogP contribution >= 0.6 is 11.6 Å². The molecule has 19 heavy (non-hydrogen) atoms. The Labute approximate surface area is 119 Å². The standard InChI is InChI=1S/C14H21ClN2O2/c1-3-6-17-14(18)9-19-13-5-4-12(15)8-11(13)7-10(2)16/h4-5,8,10H,3,6-7,9,16H2,1-2H3,(H,17,18). The first-order valence-electron chi connectivity index (χ1n) is 6.46. The van der Waals surface area contributed by atoms with E-state index in [1.165, 1.54) is 0 Å². The van der Waals surface area contributed by atoms with Crippen molar-refractivity contribution in [3.63, 3.8) is 0 Å². The van der Waals surface area contributed by atoms with E-state index < -0.39 is 0 Å². The molecule has 0 fully saturated rings. The van der Waals surface area contributed by atoms with E-state index in [-0.39, 0.29) is 18.6 Å². The molecule has 106 valence electrons. The van der Waals surface area contributed by atoms with Crippen LogP contribution in [0.25, 0.3) is 0 Å². The summed E-state index contributed by atoms with van der Waals surface area (Å²) in [6, 6.07) is 5.35. The first kappa shape index (κ1) is 15.8. The van der Waals surface area contributed by atoms with Gasteiger partial charge in [-0.25, -0.2) is 0 Å². The van der Waals surface area contributed by atoms with Crippen molar-refractivity contribution in [1.82, 2.24) is 5.32 Å². The van der Waals surface area contributed by atoms with E-state index in [9.17, 15) is 4.79 Å². The quantitative estimate of drug-likeness (QED) is 0.806. The fourth-order valence-electron chi connectivity index (χ4n) is 1.65. The van der Waals surface area contributed by atoms with Crippen molar-refractivity contribution in [3.05, 3.63) is 28.8 Å². The van der Waals surface area contributed by atoms with Gasteiger partial charge >= 0.3 is 0 Å². The normalized spacial score (nSPS) is 12.0. The number of hydrogen-bond donors (Lipinski definition) is 2. The predicted octanol–water partition coefficient (Wildman–Crippen LogP) is 2.13. The van der Waals surface area contributed by atoms with Gasteiger partial charge in [-0.2, -0.15) is 0 Å². The van der Waals surface area contributed by atoms with Gasteiger partial charge in [0.25, 0.3) is 5.91 Å². The molecule has 0 aliphatic rings. The maximum Gasteiger partial charge on any atom is 0.257 e. The lowest BCUT2D eigenvalue weighted by Gasteiger charge is -2.13. The molecule has 5 heteroatoms. The third-order valence-corrected chi connectivity index (χ3v) is 2.73. The molecule has 1 aromatic carbocycles. The van der Waals surface area contributed by atoms with Crippen molar-refractivity contribution in [3.8, 4) is 5.75 Å². The lowest BCUT2D eigenvalue weighted by Crippen LogP contribution is -2.29. The van der Waals surface area contributed by atoms with Gasteiger partial charge in [0.1, 0.15) is 5.75 Å². The number of halogens is 1. The van der Waals surface area contributed by atoms with Crippen LogP contribution in [0.15, 0.2) is 18.2 Å². The molecule has 0 aliphatic heterocycles. The summed E-state index contributed by atoms with van der Waals surface area (Å²) in [5, 5.41) is 3.40. The minimum Gasteiger partial charge on any atom is -0.483 e. The zero-order valence-corrected chi connectivity index (χ0v) is 12.2. The molecule has 1 aromatic rings. The highest BCUT2D eigenvalue weighted by Crippen LogP contribution is 2.24. The van der Waals surface area contributed by atoms with E-state index in [4.69, 9.17) is 22.1 Å². The van der Waals surface area contributed by atoms with Gasteiger partial charge in [0.05, 0.1) is 0 Å². The van der Waals surface area contributed by atoms with Crippen molar-refractivity contribution in [2.24, 2.45) is 5.73 Å². The largest absolute Gasteiger partial charge is 0.483 e. The monoisotopic (exact) mass is 284 g/mol. The van der Waals surface area contributed by atoms with Crippen LogP contribution < -0.4 is 15.8 Å². The number of hydrogen-bond acceptors (Lipinski definition) is 3. The number of ether oxygens (including phenoxy) is 1. The second-order valence-corrected chi connectivity index (χ2v) is 5.01. The van der Waals surface area contributed by atoms with Crippen LogP contribution in [0.4, 0.5) is 0 Å². The van der Waals surface area contributed by atoms with E-state index in [0.29, 0.717) is 23.7 Å². The van der Waals surface area contributed by atoms with Crippen molar-refractivity contribution < 1.29 is 9.53 Å². The maximum absolute atomic E-state index is 11.5. The zero-order valence-electron chi connectivity index (χ0n) is 11.4. The van der Waals surface area contributed by atoms with E-state index >= 15 is 0 Å². The smallest absolute Gasteiger partial charge is 0.257 e. The molecule has 0 aromatic heterocycles. The van der Waals surface area contributed by atoms with E-state index in [1.54, 1.807) is 12.1 Å². The van der Waals surface area contributed by atoms with Crippen molar-refractivity contribution >= 4 is 17.5 Å². The molecule has 0 radical (unpaired) electrons. The Morgan fingerprint density at radius 2 is 2.26 bits per heavy atom. The molecule has 0 saturated heterocycles. The molecule has 3 N–H and O–H groups in total. The Morgan fingerprint density at radius 1 is 1.53 bits per heavy atom. The average molecular weight is 285 g/mol. The SMILES string of the molecule is CCCNC(=O)COc1ccc(Cl)cc1CC(C)N. The Hall–Kier alpha value is -1.26. The van der Waals surface area contributed by atoms with Gasteiger partial charge in [0.15, 0.2) is 6.61 Å². The van der Waals surface area contributed by atoms with Crippen molar-refractivity contribution in [2.45, 2.75) is 32.7 Å². The third kappa shape index (κ3) is 5.94. The number of nitrogens with one attached hydrogen (secondary N) is 1. The van der Waals surface area contributed by atoms with Gasteiger partial charge in [0.2, 0.25) is 0 Å². The van der Waals surface area contributed by atoms with Crippen molar-refractivity contribution in [2.75, 3.05) is 13.2 Å². The maximum atomic E-state index is 11.5. The fourth-order valence-corrected chi connectivity index (χ4v) is 1.85. The molecule has 1 unspecified atom stereocenters. The minimum atomic E-state index is -0.122. The molecule has 0 bridgehead atoms. The Morgan fingerprint density at radius 3 is 2.89 bits per heavy atom. The first-order chi connectivity index (χ1) is 9.02. The number of nitrogens with two attached hydrogens (primary N) is 1. The van der Waals surface area contributed by atoms with Crippen LogP contribution in [0.3, 0.4) is 0 Å². The first-order valence-corrected chi connectivity index (χ1v) is 6.84. The molecule has 1 rings (SSSR count). The van der Waals surface area contributed by atoms with Gasteiger partial charge in [0, 0.05) is 17.6 Å². The lowest BCUT2D eigenvalue weighted by atomic mass is 10.1. The summed E-state index contributed by atoms with van der Waals surface area (Å²) in [6.45, 7) is 4.59. The zero-order chi connectivity index (χ0) is 14.3. The van der Waals surface area contributed by atoms with E-state index in [0.717, 1.165) is 12.0 Å². The number of benzene rings is 1. The molecule has 0 aliphatic carbocycles. The highest BCUT2D eigenvalue weighted by molar-refractivity contribution is 6.30. The number of rotatable bonds is 7. The van der Waals surface area contributed by atoms with Gasteiger partial charge in [-0.3, -0.25) is 4.79 Å². The molecular formula is C14H21ClN2O2. The summed E-state index contributed by atoms with van der Waals surface area (Å²) in [5.41, 5.74) is 6.71. The highest BCUT2D eigenvalue weighted by atomic mass is 35.5. The Bertz CT molecular complexity index is 422. The topological polar surface area (TPSA) is 64.3 Å². The molecule has 0 spiro atoms. The molecule has 4 nitrogen and oxygen atoms in total. The molecular weight excluding hydrogens is 264 g/mol. The van der Waals surface area contributed by atoms with Crippen LogP contribution in [0.5, 0.6) is 5.75 Å². The highest BCUT2D eigenvalue weighted by Gasteiger charge is 2.09. The molecule has 1 amide bonds. The third-order valence-electron chi connectivity index (χ3n) is 2.50.